The Morgan fingerprint density at radius 1 is 1.08 bits per heavy atom. The number of nitrogens with one attached hydrogen (secondary N) is 1. The number of imidazole rings is 1. The van der Waals surface area contributed by atoms with Crippen LogP contribution in [0.2, 0.25) is 0 Å². The van der Waals surface area contributed by atoms with Gasteiger partial charge in [0.25, 0.3) is 0 Å². The maximum absolute atomic E-state index is 15.5. The first-order chi connectivity index (χ1) is 17.5. The van der Waals surface area contributed by atoms with Crippen LogP contribution in [0.3, 0.4) is 0 Å². The van der Waals surface area contributed by atoms with E-state index in [9.17, 15) is 5.11 Å². The predicted molar refractivity (Wildman–Crippen MR) is 129 cm³/mol. The summed E-state index contributed by atoms with van der Waals surface area (Å²) in [4.78, 5) is 22.8. The van der Waals surface area contributed by atoms with Gasteiger partial charge in [-0.05, 0) is 12.1 Å². The first-order valence-electron chi connectivity index (χ1n) is 10.9. The molecule has 0 spiro atoms. The summed E-state index contributed by atoms with van der Waals surface area (Å²) in [7, 11) is 4.69. The third-order valence-electron chi connectivity index (χ3n) is 5.57. The number of benzene rings is 1. The monoisotopic (exact) mass is 490 g/mol. The molecule has 0 aliphatic carbocycles. The zero-order valence-electron chi connectivity index (χ0n) is 19.8. The first-order valence-corrected chi connectivity index (χ1v) is 10.9. The maximum Gasteiger partial charge on any atom is 0.188 e. The third-order valence-corrected chi connectivity index (χ3v) is 5.57. The Kier molecular flexibility index (Phi) is 6.17. The van der Waals surface area contributed by atoms with Crippen molar-refractivity contribution in [1.29, 1.82) is 0 Å². The molecule has 36 heavy (non-hydrogen) atoms. The van der Waals surface area contributed by atoms with Gasteiger partial charge in [-0.25, -0.2) is 19.3 Å². The number of methoxy groups -OCH3 is 2. The topological polar surface area (TPSA) is 127 Å². The summed E-state index contributed by atoms with van der Waals surface area (Å²) in [6.45, 7) is -0.0866. The molecule has 1 aromatic carbocycles. The Hall–Kier alpha value is -4.58. The number of hydrogen-bond acceptors (Lipinski definition) is 9. The fourth-order valence-corrected chi connectivity index (χ4v) is 3.76. The number of halogens is 1. The second-order valence-corrected chi connectivity index (χ2v) is 7.93. The van der Waals surface area contributed by atoms with Crippen molar-refractivity contribution in [1.82, 2.24) is 34.7 Å². The minimum absolute atomic E-state index is 0.0179. The van der Waals surface area contributed by atoms with Gasteiger partial charge in [0.2, 0.25) is 0 Å². The van der Waals surface area contributed by atoms with E-state index < -0.39 is 5.82 Å². The molecule has 0 bridgehead atoms. The van der Waals surface area contributed by atoms with Gasteiger partial charge in [-0.1, -0.05) is 0 Å². The van der Waals surface area contributed by atoms with Gasteiger partial charge >= 0.3 is 0 Å². The Bertz CT molecular complexity index is 1530. The number of fused-ring (bicyclic) bond motifs is 1. The standard InChI is InChI=1S/C24H23FN8O3/c1-32-11-14(8-28-32)18-10-26-17-4-5-22(31-24(17)30-18)33(12-21-27-9-15(13-34)29-21)19-6-16(35-2)7-20(36-3)23(19)25/h4-11,34H,12-13H2,1-3H3,(H,27,29). The van der Waals surface area contributed by atoms with Crippen LogP contribution in [0, 0.1) is 5.82 Å². The highest BCUT2D eigenvalue weighted by atomic mass is 19.1. The summed E-state index contributed by atoms with van der Waals surface area (Å²) in [6.07, 6.45) is 6.71. The summed E-state index contributed by atoms with van der Waals surface area (Å²) in [5.41, 5.74) is 3.06. The zero-order chi connectivity index (χ0) is 25.2. The van der Waals surface area contributed by atoms with E-state index in [0.717, 1.165) is 5.56 Å². The van der Waals surface area contributed by atoms with E-state index in [1.54, 1.807) is 40.2 Å². The van der Waals surface area contributed by atoms with Crippen molar-refractivity contribution < 1.29 is 19.0 Å². The van der Waals surface area contributed by atoms with Crippen LogP contribution in [0.15, 0.2) is 49.1 Å². The van der Waals surface area contributed by atoms with Crippen molar-refractivity contribution in [3.05, 3.63) is 66.4 Å². The van der Waals surface area contributed by atoms with Crippen LogP contribution in [0.1, 0.15) is 11.5 Å². The number of aliphatic hydroxyl groups is 1. The first kappa shape index (κ1) is 23.2. The van der Waals surface area contributed by atoms with Gasteiger partial charge in [-0.2, -0.15) is 5.10 Å². The average Bonchev–Trinajstić information content (AvgIpc) is 3.55. The van der Waals surface area contributed by atoms with Crippen LogP contribution in [-0.2, 0) is 20.2 Å². The molecule has 4 heterocycles. The number of aromatic nitrogens is 7. The molecule has 5 rings (SSSR count). The van der Waals surface area contributed by atoms with Crippen molar-refractivity contribution in [3.63, 3.8) is 0 Å². The SMILES string of the molecule is COc1cc(OC)c(F)c(N(Cc2ncc(CO)[nH]2)c2ccc3ncc(-c4cnn(C)c4)nc3n2)c1. The lowest BCUT2D eigenvalue weighted by Crippen LogP contribution is -2.20. The lowest BCUT2D eigenvalue weighted by Gasteiger charge is -2.25. The Morgan fingerprint density at radius 3 is 2.64 bits per heavy atom. The number of H-pyrrole nitrogens is 1. The van der Waals surface area contributed by atoms with E-state index in [0.29, 0.717) is 39.9 Å². The molecule has 0 unspecified atom stereocenters. The summed E-state index contributed by atoms with van der Waals surface area (Å²) < 4.78 is 27.8. The Labute approximate surface area is 205 Å². The molecule has 0 aliphatic heterocycles. The summed E-state index contributed by atoms with van der Waals surface area (Å²) >= 11 is 0. The number of ether oxygens (including phenoxy) is 2. The minimum Gasteiger partial charge on any atom is -0.497 e. The van der Waals surface area contributed by atoms with E-state index in [-0.39, 0.29) is 24.6 Å². The van der Waals surface area contributed by atoms with Gasteiger partial charge in [0, 0.05) is 30.9 Å². The molecule has 0 fully saturated rings. The number of nitrogens with zero attached hydrogens (tertiary/aromatic N) is 7. The molecule has 0 saturated heterocycles. The zero-order valence-corrected chi connectivity index (χ0v) is 19.8. The minimum atomic E-state index is -0.593. The maximum atomic E-state index is 15.5. The third kappa shape index (κ3) is 4.41. The Morgan fingerprint density at radius 2 is 1.94 bits per heavy atom. The number of rotatable bonds is 8. The number of aliphatic hydroxyl groups excluding tert-OH is 1. The summed E-state index contributed by atoms with van der Waals surface area (Å²) in [5, 5.41) is 13.6. The molecule has 0 saturated carbocycles. The quantitative estimate of drug-likeness (QED) is 0.337. The summed E-state index contributed by atoms with van der Waals surface area (Å²) in [5.74, 6) is 0.727. The highest BCUT2D eigenvalue weighted by Crippen LogP contribution is 2.37. The van der Waals surface area contributed by atoms with Crippen molar-refractivity contribution in [2.75, 3.05) is 19.1 Å². The molecule has 0 amide bonds. The number of hydrogen-bond donors (Lipinski definition) is 2. The molecule has 0 radical (unpaired) electrons. The average molecular weight is 490 g/mol. The van der Waals surface area contributed by atoms with Gasteiger partial charge < -0.3 is 24.5 Å². The van der Waals surface area contributed by atoms with Gasteiger partial charge in [-0.15, -0.1) is 0 Å². The van der Waals surface area contributed by atoms with Crippen LogP contribution in [0.25, 0.3) is 22.4 Å². The Balaban J connectivity index is 1.64. The van der Waals surface area contributed by atoms with E-state index in [1.807, 2.05) is 13.2 Å². The van der Waals surface area contributed by atoms with Crippen molar-refractivity contribution in [3.8, 4) is 22.8 Å². The molecule has 12 heteroatoms. The molecule has 4 aromatic heterocycles. The van der Waals surface area contributed by atoms with Crippen LogP contribution in [0.4, 0.5) is 15.9 Å². The van der Waals surface area contributed by atoms with Crippen LogP contribution < -0.4 is 14.4 Å². The van der Waals surface area contributed by atoms with Crippen molar-refractivity contribution in [2.24, 2.45) is 7.05 Å². The smallest absolute Gasteiger partial charge is 0.188 e. The van der Waals surface area contributed by atoms with Gasteiger partial charge in [0.1, 0.15) is 22.9 Å². The molecule has 184 valence electrons. The number of aromatic amines is 1. The second-order valence-electron chi connectivity index (χ2n) is 7.93. The van der Waals surface area contributed by atoms with E-state index >= 15 is 4.39 Å². The number of aryl methyl sites for hydroxylation is 1. The van der Waals surface area contributed by atoms with Crippen molar-refractivity contribution in [2.45, 2.75) is 13.2 Å². The fraction of sp³-hybridized carbons (Fsp3) is 0.208. The molecule has 11 nitrogen and oxygen atoms in total. The number of pyridine rings is 1. The molecule has 2 N–H and O–H groups in total. The summed E-state index contributed by atoms with van der Waals surface area (Å²) in [6, 6.07) is 6.51. The lowest BCUT2D eigenvalue weighted by molar-refractivity contribution is 0.277. The molecule has 0 atom stereocenters. The largest absolute Gasteiger partial charge is 0.497 e. The predicted octanol–water partition coefficient (Wildman–Crippen LogP) is 3.14. The van der Waals surface area contributed by atoms with Gasteiger partial charge in [-0.3, -0.25) is 9.67 Å². The molecular weight excluding hydrogens is 467 g/mol. The van der Waals surface area contributed by atoms with Crippen LogP contribution >= 0.6 is 0 Å². The fourth-order valence-electron chi connectivity index (χ4n) is 3.76. The lowest BCUT2D eigenvalue weighted by atomic mass is 10.2. The molecular formula is C24H23FN8O3. The van der Waals surface area contributed by atoms with Gasteiger partial charge in [0.15, 0.2) is 17.2 Å². The second kappa shape index (κ2) is 9.58. The molecule has 5 aromatic rings. The van der Waals surface area contributed by atoms with Crippen LogP contribution in [0.5, 0.6) is 11.5 Å². The van der Waals surface area contributed by atoms with E-state index in [1.165, 1.54) is 26.5 Å². The highest BCUT2D eigenvalue weighted by molar-refractivity contribution is 5.77. The van der Waals surface area contributed by atoms with E-state index in [2.05, 4.69) is 25.0 Å². The number of anilines is 2. The highest BCUT2D eigenvalue weighted by Gasteiger charge is 2.22. The van der Waals surface area contributed by atoms with E-state index in [4.69, 9.17) is 14.5 Å². The normalized spacial score (nSPS) is 11.1. The van der Waals surface area contributed by atoms with Crippen LogP contribution in [-0.4, -0.2) is 54.0 Å². The molecule has 0 aliphatic rings. The van der Waals surface area contributed by atoms with Gasteiger partial charge in [0.05, 0.1) is 63.0 Å². The van der Waals surface area contributed by atoms with Crippen molar-refractivity contribution >= 4 is 22.7 Å².